The van der Waals surface area contributed by atoms with Crippen LogP contribution in [0.4, 0.5) is 0 Å². The number of carboxylic acid groups (broad SMARTS) is 1. The van der Waals surface area contributed by atoms with Crippen LogP contribution >= 0.6 is 0 Å². The quantitative estimate of drug-likeness (QED) is 0.508. The van der Waals surface area contributed by atoms with Crippen LogP contribution in [0.2, 0.25) is 0 Å². The molecular formula is C7H13NO3. The van der Waals surface area contributed by atoms with Gasteiger partial charge in [0, 0.05) is 13.2 Å². The topological polar surface area (TPSA) is 69.6 Å². The maximum absolute atomic E-state index is 10.6. The summed E-state index contributed by atoms with van der Waals surface area (Å²) in [6, 6.07) is 0. The molecule has 1 heterocycles. The fourth-order valence-corrected chi connectivity index (χ4v) is 1.49. The first-order valence-corrected chi connectivity index (χ1v) is 3.80. The number of rotatable bonds is 3. The van der Waals surface area contributed by atoms with E-state index in [9.17, 15) is 4.79 Å². The molecule has 2 atom stereocenters. The van der Waals surface area contributed by atoms with Crippen molar-refractivity contribution in [3.63, 3.8) is 0 Å². The van der Waals surface area contributed by atoms with E-state index in [0.29, 0.717) is 13.0 Å². The van der Waals surface area contributed by atoms with E-state index in [1.165, 1.54) is 0 Å². The molecule has 1 saturated heterocycles. The molecule has 11 heavy (non-hydrogen) atoms. The molecule has 2 unspecified atom stereocenters. The highest BCUT2D eigenvalue weighted by molar-refractivity contribution is 5.71. The monoisotopic (exact) mass is 159 g/mol. The van der Waals surface area contributed by atoms with Crippen molar-refractivity contribution >= 4 is 5.97 Å². The lowest BCUT2D eigenvalue weighted by molar-refractivity contribution is -0.142. The van der Waals surface area contributed by atoms with Crippen molar-refractivity contribution in [1.29, 1.82) is 0 Å². The molecule has 4 heteroatoms. The van der Waals surface area contributed by atoms with E-state index in [0.717, 1.165) is 6.54 Å². The Morgan fingerprint density at radius 3 is 2.82 bits per heavy atom. The Bertz CT molecular complexity index is 149. The zero-order valence-corrected chi connectivity index (χ0v) is 6.29. The zero-order valence-electron chi connectivity index (χ0n) is 6.29. The SMILES string of the molecule is O=C(O)C1CNCC1CCO. The summed E-state index contributed by atoms with van der Waals surface area (Å²) in [4.78, 5) is 10.6. The average molecular weight is 159 g/mol. The van der Waals surface area contributed by atoms with Crippen LogP contribution in [-0.4, -0.2) is 35.9 Å². The number of aliphatic carboxylic acids is 1. The smallest absolute Gasteiger partial charge is 0.308 e. The second-order valence-electron chi connectivity index (χ2n) is 2.88. The van der Waals surface area contributed by atoms with Gasteiger partial charge < -0.3 is 15.5 Å². The molecule has 4 nitrogen and oxygen atoms in total. The van der Waals surface area contributed by atoms with Crippen LogP contribution in [-0.2, 0) is 4.79 Å². The van der Waals surface area contributed by atoms with Crippen molar-refractivity contribution in [1.82, 2.24) is 5.32 Å². The molecule has 64 valence electrons. The van der Waals surface area contributed by atoms with Gasteiger partial charge in [-0.3, -0.25) is 4.79 Å². The lowest BCUT2D eigenvalue weighted by Crippen LogP contribution is -2.22. The molecule has 1 rings (SSSR count). The summed E-state index contributed by atoms with van der Waals surface area (Å²) in [5.41, 5.74) is 0. The van der Waals surface area contributed by atoms with Gasteiger partial charge in [0.1, 0.15) is 0 Å². The van der Waals surface area contributed by atoms with Gasteiger partial charge in [-0.2, -0.15) is 0 Å². The summed E-state index contributed by atoms with van der Waals surface area (Å²) < 4.78 is 0. The fourth-order valence-electron chi connectivity index (χ4n) is 1.49. The molecular weight excluding hydrogens is 146 g/mol. The van der Waals surface area contributed by atoms with Gasteiger partial charge in [-0.25, -0.2) is 0 Å². The van der Waals surface area contributed by atoms with Crippen LogP contribution in [0.1, 0.15) is 6.42 Å². The molecule has 0 aromatic heterocycles. The predicted molar refractivity (Wildman–Crippen MR) is 39.2 cm³/mol. The van der Waals surface area contributed by atoms with Gasteiger partial charge in [-0.15, -0.1) is 0 Å². The van der Waals surface area contributed by atoms with E-state index in [1.54, 1.807) is 0 Å². The highest BCUT2D eigenvalue weighted by Gasteiger charge is 2.31. The Hall–Kier alpha value is -0.610. The molecule has 0 aromatic rings. The number of aliphatic hydroxyl groups excluding tert-OH is 1. The third-order valence-corrected chi connectivity index (χ3v) is 2.16. The third kappa shape index (κ3) is 1.91. The molecule has 0 radical (unpaired) electrons. The predicted octanol–water partition coefficient (Wildman–Crippen LogP) is -0.711. The van der Waals surface area contributed by atoms with Crippen LogP contribution in [0.5, 0.6) is 0 Å². The fraction of sp³-hybridized carbons (Fsp3) is 0.857. The van der Waals surface area contributed by atoms with Crippen LogP contribution < -0.4 is 5.32 Å². The van der Waals surface area contributed by atoms with Crippen LogP contribution in [0.15, 0.2) is 0 Å². The maximum atomic E-state index is 10.6. The minimum atomic E-state index is -0.756. The molecule has 0 saturated carbocycles. The molecule has 0 aliphatic carbocycles. The van der Waals surface area contributed by atoms with E-state index < -0.39 is 5.97 Å². The van der Waals surface area contributed by atoms with Gasteiger partial charge in [-0.1, -0.05) is 0 Å². The number of hydrogen-bond donors (Lipinski definition) is 3. The molecule has 0 aromatic carbocycles. The first kappa shape index (κ1) is 8.49. The third-order valence-electron chi connectivity index (χ3n) is 2.16. The molecule has 1 aliphatic heterocycles. The number of hydrogen-bond acceptors (Lipinski definition) is 3. The van der Waals surface area contributed by atoms with Crippen LogP contribution in [0.25, 0.3) is 0 Å². The largest absolute Gasteiger partial charge is 0.481 e. The van der Waals surface area contributed by atoms with Gasteiger partial charge in [0.05, 0.1) is 5.92 Å². The Kier molecular flexibility index (Phi) is 2.84. The first-order chi connectivity index (χ1) is 5.25. The van der Waals surface area contributed by atoms with E-state index in [1.807, 2.05) is 0 Å². The molecule has 0 bridgehead atoms. The molecule has 1 fully saturated rings. The molecule has 1 aliphatic rings. The molecule has 3 N–H and O–H groups in total. The minimum absolute atomic E-state index is 0.0795. The molecule has 0 amide bonds. The standard InChI is InChI=1S/C7H13NO3/c9-2-1-5-3-8-4-6(5)7(10)11/h5-6,8-9H,1-4H2,(H,10,11). The van der Waals surface area contributed by atoms with Gasteiger partial charge in [0.25, 0.3) is 0 Å². The van der Waals surface area contributed by atoms with E-state index in [4.69, 9.17) is 10.2 Å². The Morgan fingerprint density at radius 2 is 2.27 bits per heavy atom. The number of aliphatic hydroxyl groups is 1. The van der Waals surface area contributed by atoms with Gasteiger partial charge in [-0.05, 0) is 18.9 Å². The lowest BCUT2D eigenvalue weighted by Gasteiger charge is -2.11. The summed E-state index contributed by atoms with van der Waals surface area (Å²) in [5, 5.41) is 20.3. The second-order valence-corrected chi connectivity index (χ2v) is 2.88. The maximum Gasteiger partial charge on any atom is 0.308 e. The van der Waals surface area contributed by atoms with Crippen LogP contribution in [0.3, 0.4) is 0 Å². The van der Waals surface area contributed by atoms with Gasteiger partial charge in [0.15, 0.2) is 0 Å². The first-order valence-electron chi connectivity index (χ1n) is 3.80. The summed E-state index contributed by atoms with van der Waals surface area (Å²) in [7, 11) is 0. The number of carboxylic acids is 1. The van der Waals surface area contributed by atoms with E-state index in [-0.39, 0.29) is 18.4 Å². The lowest BCUT2D eigenvalue weighted by atomic mass is 9.93. The van der Waals surface area contributed by atoms with E-state index in [2.05, 4.69) is 5.32 Å². The van der Waals surface area contributed by atoms with Crippen molar-refractivity contribution < 1.29 is 15.0 Å². The molecule has 0 spiro atoms. The summed E-state index contributed by atoms with van der Waals surface area (Å²) in [5.74, 6) is -0.951. The number of nitrogens with one attached hydrogen (secondary N) is 1. The van der Waals surface area contributed by atoms with Gasteiger partial charge >= 0.3 is 5.97 Å². The van der Waals surface area contributed by atoms with Crippen molar-refractivity contribution in [2.24, 2.45) is 11.8 Å². The Morgan fingerprint density at radius 1 is 1.55 bits per heavy atom. The minimum Gasteiger partial charge on any atom is -0.481 e. The van der Waals surface area contributed by atoms with Crippen molar-refractivity contribution in [3.05, 3.63) is 0 Å². The van der Waals surface area contributed by atoms with Crippen LogP contribution in [0, 0.1) is 11.8 Å². The summed E-state index contributed by atoms with van der Waals surface area (Å²) >= 11 is 0. The second kappa shape index (κ2) is 3.69. The summed E-state index contributed by atoms with van der Waals surface area (Å²) in [6.45, 7) is 1.34. The van der Waals surface area contributed by atoms with E-state index >= 15 is 0 Å². The number of carbonyl (C=O) groups is 1. The zero-order chi connectivity index (χ0) is 8.27. The summed E-state index contributed by atoms with van der Waals surface area (Å²) in [6.07, 6.45) is 0.587. The average Bonchev–Trinajstić information content (AvgIpc) is 2.36. The normalized spacial score (nSPS) is 30.6. The van der Waals surface area contributed by atoms with Crippen molar-refractivity contribution in [3.8, 4) is 0 Å². The Balaban J connectivity index is 2.44. The van der Waals surface area contributed by atoms with Crippen molar-refractivity contribution in [2.75, 3.05) is 19.7 Å². The highest BCUT2D eigenvalue weighted by atomic mass is 16.4. The highest BCUT2D eigenvalue weighted by Crippen LogP contribution is 2.19. The van der Waals surface area contributed by atoms with Gasteiger partial charge in [0.2, 0.25) is 0 Å². The Labute approximate surface area is 65.2 Å². The van der Waals surface area contributed by atoms with Crippen molar-refractivity contribution in [2.45, 2.75) is 6.42 Å².